The van der Waals surface area contributed by atoms with Crippen LogP contribution < -0.4 is 5.32 Å². The number of benzene rings is 2. The number of carbonyl (C=O) groups excluding carboxylic acids is 1. The highest BCUT2D eigenvalue weighted by Crippen LogP contribution is 2.15. The van der Waals surface area contributed by atoms with E-state index in [9.17, 15) is 14.3 Å². The molecule has 0 saturated carbocycles. The van der Waals surface area contributed by atoms with Crippen molar-refractivity contribution in [2.75, 3.05) is 5.32 Å². The highest BCUT2D eigenvalue weighted by atomic mass is 19.1. The number of aryl methyl sites for hydroxylation is 1. The molecule has 4 heteroatoms. The van der Waals surface area contributed by atoms with Crippen LogP contribution in [0.2, 0.25) is 0 Å². The van der Waals surface area contributed by atoms with Crippen LogP contribution in [0.5, 0.6) is 5.75 Å². The molecule has 0 saturated heterocycles. The average Bonchev–Trinajstić information content (AvgIpc) is 2.34. The summed E-state index contributed by atoms with van der Waals surface area (Å²) in [5.41, 5.74) is 1.76. The van der Waals surface area contributed by atoms with Crippen LogP contribution in [0.25, 0.3) is 0 Å². The van der Waals surface area contributed by atoms with Gasteiger partial charge in [0, 0.05) is 5.69 Å². The molecule has 0 radical (unpaired) electrons. The van der Waals surface area contributed by atoms with E-state index in [0.717, 1.165) is 5.56 Å². The molecular weight excluding hydrogens is 245 g/mol. The zero-order valence-corrected chi connectivity index (χ0v) is 10.5. The number of amides is 1. The average molecular weight is 259 g/mol. The quantitative estimate of drug-likeness (QED) is 0.890. The Bertz CT molecular complexity index is 611. The summed E-state index contributed by atoms with van der Waals surface area (Å²) in [7, 11) is 0. The molecule has 0 atom stereocenters. The van der Waals surface area contributed by atoms with Crippen molar-refractivity contribution in [3.8, 4) is 5.75 Å². The molecule has 0 unspecified atom stereocenters. The number of hydrogen-bond donors (Lipinski definition) is 2. The number of carbonyl (C=O) groups is 1. The molecule has 0 spiro atoms. The molecular formula is C15H14FNO2. The number of halogens is 1. The predicted octanol–water partition coefficient (Wildman–Crippen LogP) is 3.02. The maximum absolute atomic E-state index is 13.1. The number of aromatic hydroxyl groups is 1. The lowest BCUT2D eigenvalue weighted by atomic mass is 10.1. The topological polar surface area (TPSA) is 49.3 Å². The lowest BCUT2D eigenvalue weighted by molar-refractivity contribution is -0.115. The largest absolute Gasteiger partial charge is 0.508 e. The van der Waals surface area contributed by atoms with Gasteiger partial charge in [0.05, 0.1) is 6.42 Å². The van der Waals surface area contributed by atoms with Crippen molar-refractivity contribution in [2.24, 2.45) is 0 Å². The molecule has 1 amide bonds. The molecule has 98 valence electrons. The molecule has 0 aliphatic rings. The highest BCUT2D eigenvalue weighted by Gasteiger charge is 2.06. The fourth-order valence-electron chi connectivity index (χ4n) is 1.78. The Morgan fingerprint density at radius 2 is 2.05 bits per heavy atom. The van der Waals surface area contributed by atoms with E-state index < -0.39 is 0 Å². The second-order valence-electron chi connectivity index (χ2n) is 4.36. The van der Waals surface area contributed by atoms with E-state index in [1.54, 1.807) is 31.2 Å². The summed E-state index contributed by atoms with van der Waals surface area (Å²) in [6.45, 7) is 1.64. The predicted molar refractivity (Wildman–Crippen MR) is 71.6 cm³/mol. The molecule has 2 N–H and O–H groups in total. The maximum atomic E-state index is 13.1. The van der Waals surface area contributed by atoms with Gasteiger partial charge in [-0.05, 0) is 48.4 Å². The van der Waals surface area contributed by atoms with E-state index in [1.165, 1.54) is 18.2 Å². The summed E-state index contributed by atoms with van der Waals surface area (Å²) in [5, 5.41) is 12.0. The molecule has 0 aromatic heterocycles. The van der Waals surface area contributed by atoms with E-state index in [-0.39, 0.29) is 23.9 Å². The van der Waals surface area contributed by atoms with E-state index in [1.807, 2.05) is 0 Å². The number of rotatable bonds is 3. The standard InChI is InChI=1S/C15H14FNO2/c1-10-7-12(5-6-14(10)16)17-15(19)9-11-3-2-4-13(18)8-11/h2-8,18H,9H2,1H3,(H,17,19). The first kappa shape index (κ1) is 13.1. The zero-order valence-electron chi connectivity index (χ0n) is 10.5. The number of phenolic OH excluding ortho intramolecular Hbond substituents is 1. The minimum atomic E-state index is -0.300. The SMILES string of the molecule is Cc1cc(NC(=O)Cc2cccc(O)c2)ccc1F. The Morgan fingerprint density at radius 1 is 1.26 bits per heavy atom. The molecule has 3 nitrogen and oxygen atoms in total. The Hall–Kier alpha value is -2.36. The van der Waals surface area contributed by atoms with Gasteiger partial charge < -0.3 is 10.4 Å². The zero-order chi connectivity index (χ0) is 13.8. The second-order valence-corrected chi connectivity index (χ2v) is 4.36. The van der Waals surface area contributed by atoms with Crippen LogP contribution in [0.3, 0.4) is 0 Å². The summed E-state index contributed by atoms with van der Waals surface area (Å²) in [5.74, 6) is -0.384. The number of nitrogens with one attached hydrogen (secondary N) is 1. The molecule has 2 rings (SSSR count). The minimum Gasteiger partial charge on any atom is -0.508 e. The van der Waals surface area contributed by atoms with Crippen LogP contribution in [0.15, 0.2) is 42.5 Å². The van der Waals surface area contributed by atoms with Gasteiger partial charge in [0.15, 0.2) is 0 Å². The van der Waals surface area contributed by atoms with Crippen molar-refractivity contribution in [1.82, 2.24) is 0 Å². The van der Waals surface area contributed by atoms with Crippen molar-refractivity contribution in [2.45, 2.75) is 13.3 Å². The van der Waals surface area contributed by atoms with Gasteiger partial charge in [0.1, 0.15) is 11.6 Å². The van der Waals surface area contributed by atoms with Gasteiger partial charge in [-0.15, -0.1) is 0 Å². The third kappa shape index (κ3) is 3.55. The molecule has 0 aliphatic heterocycles. The van der Waals surface area contributed by atoms with Crippen molar-refractivity contribution < 1.29 is 14.3 Å². The maximum Gasteiger partial charge on any atom is 0.228 e. The first-order valence-electron chi connectivity index (χ1n) is 5.88. The van der Waals surface area contributed by atoms with Gasteiger partial charge >= 0.3 is 0 Å². The fraction of sp³-hybridized carbons (Fsp3) is 0.133. The smallest absolute Gasteiger partial charge is 0.228 e. The lowest BCUT2D eigenvalue weighted by Crippen LogP contribution is -2.14. The molecule has 0 aliphatic carbocycles. The van der Waals surface area contributed by atoms with Gasteiger partial charge in [-0.3, -0.25) is 4.79 Å². The van der Waals surface area contributed by atoms with Gasteiger partial charge in [-0.25, -0.2) is 4.39 Å². The van der Waals surface area contributed by atoms with Crippen LogP contribution in [0.4, 0.5) is 10.1 Å². The van der Waals surface area contributed by atoms with Crippen LogP contribution in [0, 0.1) is 12.7 Å². The van der Waals surface area contributed by atoms with Gasteiger partial charge in [-0.2, -0.15) is 0 Å². The van der Waals surface area contributed by atoms with E-state index in [2.05, 4.69) is 5.32 Å². The highest BCUT2D eigenvalue weighted by molar-refractivity contribution is 5.92. The molecule has 0 bridgehead atoms. The summed E-state index contributed by atoms with van der Waals surface area (Å²) in [6.07, 6.45) is 0.158. The summed E-state index contributed by atoms with van der Waals surface area (Å²) >= 11 is 0. The first-order chi connectivity index (χ1) is 9.04. The third-order valence-corrected chi connectivity index (χ3v) is 2.72. The second kappa shape index (κ2) is 5.52. The van der Waals surface area contributed by atoms with Crippen LogP contribution in [-0.2, 0) is 11.2 Å². The molecule has 0 heterocycles. The first-order valence-corrected chi connectivity index (χ1v) is 5.88. The van der Waals surface area contributed by atoms with Gasteiger partial charge in [0.25, 0.3) is 0 Å². The molecule has 2 aromatic rings. The van der Waals surface area contributed by atoms with Crippen molar-refractivity contribution in [3.63, 3.8) is 0 Å². The molecule has 0 fully saturated rings. The minimum absolute atomic E-state index is 0.128. The van der Waals surface area contributed by atoms with E-state index in [4.69, 9.17) is 0 Å². The van der Waals surface area contributed by atoms with Crippen LogP contribution in [0.1, 0.15) is 11.1 Å². The Balaban J connectivity index is 2.03. The van der Waals surface area contributed by atoms with Crippen LogP contribution in [-0.4, -0.2) is 11.0 Å². The monoisotopic (exact) mass is 259 g/mol. The lowest BCUT2D eigenvalue weighted by Gasteiger charge is -2.07. The third-order valence-electron chi connectivity index (χ3n) is 2.72. The fourth-order valence-corrected chi connectivity index (χ4v) is 1.78. The van der Waals surface area contributed by atoms with Crippen molar-refractivity contribution in [3.05, 3.63) is 59.4 Å². The van der Waals surface area contributed by atoms with Crippen molar-refractivity contribution in [1.29, 1.82) is 0 Å². The number of anilines is 1. The Labute approximate surface area is 110 Å². The molecule has 19 heavy (non-hydrogen) atoms. The summed E-state index contributed by atoms with van der Waals surface area (Å²) < 4.78 is 13.1. The number of hydrogen-bond acceptors (Lipinski definition) is 2. The summed E-state index contributed by atoms with van der Waals surface area (Å²) in [6, 6.07) is 10.9. The molecule has 2 aromatic carbocycles. The van der Waals surface area contributed by atoms with Gasteiger partial charge in [0.2, 0.25) is 5.91 Å². The number of phenols is 1. The van der Waals surface area contributed by atoms with Crippen molar-refractivity contribution >= 4 is 11.6 Å². The van der Waals surface area contributed by atoms with Crippen LogP contribution >= 0.6 is 0 Å². The van der Waals surface area contributed by atoms with Gasteiger partial charge in [-0.1, -0.05) is 12.1 Å². The van der Waals surface area contributed by atoms with E-state index >= 15 is 0 Å². The Kier molecular flexibility index (Phi) is 3.80. The normalized spacial score (nSPS) is 10.2. The van der Waals surface area contributed by atoms with E-state index in [0.29, 0.717) is 11.3 Å². The Morgan fingerprint density at radius 3 is 2.74 bits per heavy atom. The summed E-state index contributed by atoms with van der Waals surface area (Å²) in [4.78, 5) is 11.8.